The fourth-order valence-electron chi connectivity index (χ4n) is 2.16. The van der Waals surface area contributed by atoms with Crippen LogP contribution in [-0.4, -0.2) is 40.1 Å². The molecule has 0 aromatic heterocycles. The van der Waals surface area contributed by atoms with Crippen molar-refractivity contribution in [3.63, 3.8) is 0 Å². The number of rotatable bonds is 7. The number of carbonyl (C=O) groups excluding carboxylic acids is 1. The lowest BCUT2D eigenvalue weighted by Gasteiger charge is -2.12. The topological polar surface area (TPSA) is 84.5 Å². The van der Waals surface area contributed by atoms with Gasteiger partial charge in [-0.3, -0.25) is 4.79 Å². The van der Waals surface area contributed by atoms with Gasteiger partial charge in [0.05, 0.1) is 11.0 Å². The molecule has 1 aromatic rings. The van der Waals surface area contributed by atoms with Crippen molar-refractivity contribution in [2.45, 2.75) is 23.8 Å². The van der Waals surface area contributed by atoms with Crippen LogP contribution < -0.4 is 10.0 Å². The molecular formula is C15H20N2O4S. The molecule has 0 saturated carbocycles. The van der Waals surface area contributed by atoms with Gasteiger partial charge in [-0.15, -0.1) is 6.58 Å². The van der Waals surface area contributed by atoms with Crippen LogP contribution in [-0.2, 0) is 14.8 Å². The van der Waals surface area contributed by atoms with Gasteiger partial charge in [-0.1, -0.05) is 12.1 Å². The van der Waals surface area contributed by atoms with Crippen molar-refractivity contribution >= 4 is 15.9 Å². The van der Waals surface area contributed by atoms with Crippen molar-refractivity contribution in [3.8, 4) is 0 Å². The minimum atomic E-state index is -3.65. The maximum Gasteiger partial charge on any atom is 0.251 e. The fraction of sp³-hybridized carbons (Fsp3) is 0.400. The predicted molar refractivity (Wildman–Crippen MR) is 83.1 cm³/mol. The Hall–Kier alpha value is -1.70. The Morgan fingerprint density at radius 3 is 2.95 bits per heavy atom. The van der Waals surface area contributed by atoms with Gasteiger partial charge < -0.3 is 10.1 Å². The minimum Gasteiger partial charge on any atom is -0.377 e. The van der Waals surface area contributed by atoms with Crippen LogP contribution in [0.3, 0.4) is 0 Å². The molecule has 1 aliphatic heterocycles. The molecule has 1 amide bonds. The van der Waals surface area contributed by atoms with Crippen LogP contribution in [0.15, 0.2) is 41.8 Å². The van der Waals surface area contributed by atoms with Crippen LogP contribution in [0, 0.1) is 0 Å². The zero-order valence-electron chi connectivity index (χ0n) is 12.2. The van der Waals surface area contributed by atoms with Crippen LogP contribution in [0.4, 0.5) is 0 Å². The van der Waals surface area contributed by atoms with Gasteiger partial charge in [0.15, 0.2) is 0 Å². The third-order valence-electron chi connectivity index (χ3n) is 3.34. The van der Waals surface area contributed by atoms with Gasteiger partial charge in [-0.25, -0.2) is 13.1 Å². The van der Waals surface area contributed by atoms with E-state index in [0.29, 0.717) is 18.7 Å². The van der Waals surface area contributed by atoms with Gasteiger partial charge in [-0.05, 0) is 31.0 Å². The summed E-state index contributed by atoms with van der Waals surface area (Å²) in [5, 5.41) is 2.61. The van der Waals surface area contributed by atoms with Crippen LogP contribution in [0.5, 0.6) is 0 Å². The molecule has 1 unspecified atom stereocenters. The lowest BCUT2D eigenvalue weighted by atomic mass is 10.2. The number of amides is 1. The highest BCUT2D eigenvalue weighted by atomic mass is 32.2. The maximum atomic E-state index is 12.3. The number of nitrogens with one attached hydrogen (secondary N) is 2. The smallest absolute Gasteiger partial charge is 0.251 e. The Morgan fingerprint density at radius 1 is 1.45 bits per heavy atom. The lowest BCUT2D eigenvalue weighted by Crippen LogP contribution is -2.32. The highest BCUT2D eigenvalue weighted by Crippen LogP contribution is 2.14. The molecule has 2 N–H and O–H groups in total. The molecule has 0 bridgehead atoms. The molecular weight excluding hydrogens is 304 g/mol. The minimum absolute atomic E-state index is 0.0664. The van der Waals surface area contributed by atoms with Gasteiger partial charge in [0, 0.05) is 25.3 Å². The van der Waals surface area contributed by atoms with Crippen molar-refractivity contribution in [1.82, 2.24) is 10.0 Å². The van der Waals surface area contributed by atoms with E-state index in [-0.39, 0.29) is 23.5 Å². The summed E-state index contributed by atoms with van der Waals surface area (Å²) >= 11 is 0. The number of sulfonamides is 1. The molecule has 0 spiro atoms. The summed E-state index contributed by atoms with van der Waals surface area (Å²) in [5.41, 5.74) is 0.293. The van der Waals surface area contributed by atoms with E-state index >= 15 is 0 Å². The molecule has 1 aliphatic rings. The first-order valence-electron chi connectivity index (χ1n) is 7.13. The molecule has 22 heavy (non-hydrogen) atoms. The van der Waals surface area contributed by atoms with Gasteiger partial charge in [0.2, 0.25) is 10.0 Å². The monoisotopic (exact) mass is 324 g/mol. The summed E-state index contributed by atoms with van der Waals surface area (Å²) in [5.74, 6) is -0.337. The lowest BCUT2D eigenvalue weighted by molar-refractivity contribution is 0.0957. The first kappa shape index (κ1) is 16.7. The highest BCUT2D eigenvalue weighted by Gasteiger charge is 2.21. The van der Waals surface area contributed by atoms with E-state index in [9.17, 15) is 13.2 Å². The quantitative estimate of drug-likeness (QED) is 0.735. The standard InChI is InChI=1S/C15H20N2O4S/c1-2-8-16-15(18)12-5-3-7-14(10-12)22(19,20)17-11-13-6-4-9-21-13/h2-3,5,7,10,13,17H,1,4,6,8-9,11H2,(H,16,18). The molecule has 1 saturated heterocycles. The van der Waals surface area contributed by atoms with Crippen molar-refractivity contribution in [3.05, 3.63) is 42.5 Å². The Bertz CT molecular complexity index is 637. The molecule has 1 aromatic carbocycles. The fourth-order valence-corrected chi connectivity index (χ4v) is 3.27. The molecule has 120 valence electrons. The molecule has 1 atom stereocenters. The zero-order chi connectivity index (χ0) is 16.0. The summed E-state index contributed by atoms with van der Waals surface area (Å²) < 4.78 is 32.4. The SMILES string of the molecule is C=CCNC(=O)c1cccc(S(=O)(=O)NCC2CCCO2)c1. The van der Waals surface area contributed by atoms with Crippen molar-refractivity contribution in [1.29, 1.82) is 0 Å². The van der Waals surface area contributed by atoms with Crippen molar-refractivity contribution < 1.29 is 17.9 Å². The Balaban J connectivity index is 2.06. The van der Waals surface area contributed by atoms with E-state index in [2.05, 4.69) is 16.6 Å². The first-order chi connectivity index (χ1) is 10.5. The second-order valence-electron chi connectivity index (χ2n) is 5.01. The summed E-state index contributed by atoms with van der Waals surface area (Å²) in [6.07, 6.45) is 3.29. The number of carbonyl (C=O) groups is 1. The molecule has 1 fully saturated rings. The Labute approximate surface area is 130 Å². The van der Waals surface area contributed by atoms with E-state index in [4.69, 9.17) is 4.74 Å². The van der Waals surface area contributed by atoms with E-state index in [1.165, 1.54) is 12.1 Å². The third-order valence-corrected chi connectivity index (χ3v) is 4.76. The number of benzene rings is 1. The van der Waals surface area contributed by atoms with Gasteiger partial charge in [0.25, 0.3) is 5.91 Å². The second kappa shape index (κ2) is 7.53. The van der Waals surface area contributed by atoms with E-state index < -0.39 is 10.0 Å². The summed E-state index contributed by atoms with van der Waals surface area (Å²) in [6, 6.07) is 5.93. The van der Waals surface area contributed by atoms with Gasteiger partial charge in [0.1, 0.15) is 0 Å². The molecule has 2 rings (SSSR count). The average Bonchev–Trinajstić information content (AvgIpc) is 3.04. The Morgan fingerprint density at radius 2 is 2.27 bits per heavy atom. The molecule has 1 heterocycles. The van der Waals surface area contributed by atoms with Gasteiger partial charge in [-0.2, -0.15) is 0 Å². The van der Waals surface area contributed by atoms with E-state index in [0.717, 1.165) is 12.8 Å². The Kier molecular flexibility index (Phi) is 5.70. The average molecular weight is 324 g/mol. The first-order valence-corrected chi connectivity index (χ1v) is 8.61. The number of hydrogen-bond acceptors (Lipinski definition) is 4. The van der Waals surface area contributed by atoms with Crippen LogP contribution in [0.2, 0.25) is 0 Å². The van der Waals surface area contributed by atoms with E-state index in [1.807, 2.05) is 0 Å². The third kappa shape index (κ3) is 4.40. The maximum absolute atomic E-state index is 12.3. The highest BCUT2D eigenvalue weighted by molar-refractivity contribution is 7.89. The van der Waals surface area contributed by atoms with Crippen molar-refractivity contribution in [2.24, 2.45) is 0 Å². The molecule has 6 nitrogen and oxygen atoms in total. The number of ether oxygens (including phenoxy) is 1. The van der Waals surface area contributed by atoms with Gasteiger partial charge >= 0.3 is 0 Å². The van der Waals surface area contributed by atoms with Crippen LogP contribution >= 0.6 is 0 Å². The zero-order valence-corrected chi connectivity index (χ0v) is 13.1. The molecule has 0 aliphatic carbocycles. The van der Waals surface area contributed by atoms with Crippen LogP contribution in [0.1, 0.15) is 23.2 Å². The molecule has 7 heteroatoms. The summed E-state index contributed by atoms with van der Waals surface area (Å²) in [7, 11) is -3.65. The predicted octanol–water partition coefficient (Wildman–Crippen LogP) is 1.06. The normalized spacial score (nSPS) is 18.1. The summed E-state index contributed by atoms with van der Waals surface area (Å²) in [6.45, 7) is 4.76. The van der Waals surface area contributed by atoms with Crippen LogP contribution in [0.25, 0.3) is 0 Å². The molecule has 0 radical (unpaired) electrons. The number of hydrogen-bond donors (Lipinski definition) is 2. The second-order valence-corrected chi connectivity index (χ2v) is 6.78. The van der Waals surface area contributed by atoms with E-state index in [1.54, 1.807) is 18.2 Å². The largest absolute Gasteiger partial charge is 0.377 e. The summed E-state index contributed by atoms with van der Waals surface area (Å²) in [4.78, 5) is 11.9. The van der Waals surface area contributed by atoms with Crippen molar-refractivity contribution in [2.75, 3.05) is 19.7 Å².